The number of hydrogen-bond acceptors (Lipinski definition) is 8. The summed E-state index contributed by atoms with van der Waals surface area (Å²) in [6, 6.07) is -0.0493. The second kappa shape index (κ2) is 8.54. The van der Waals surface area contributed by atoms with Crippen molar-refractivity contribution in [3.05, 3.63) is 22.3 Å². The number of aryl methyl sites for hydroxylation is 1. The van der Waals surface area contributed by atoms with Crippen LogP contribution in [0, 0.1) is 23.2 Å². The van der Waals surface area contributed by atoms with E-state index < -0.39 is 19.9 Å². The predicted octanol–water partition coefficient (Wildman–Crippen LogP) is 3.50. The molecule has 7 rings (SSSR count). The van der Waals surface area contributed by atoms with Crippen LogP contribution in [0.15, 0.2) is 26.0 Å². The van der Waals surface area contributed by atoms with Gasteiger partial charge in [-0.2, -0.15) is 8.42 Å². The Kier molecular flexibility index (Phi) is 5.85. The molecule has 4 fully saturated rings. The number of nitrogens with one attached hydrogen (secondary N) is 1. The van der Waals surface area contributed by atoms with E-state index in [0.29, 0.717) is 23.0 Å². The van der Waals surface area contributed by atoms with Crippen molar-refractivity contribution in [1.29, 1.82) is 0 Å². The van der Waals surface area contributed by atoms with Crippen molar-refractivity contribution in [2.45, 2.75) is 69.2 Å². The van der Waals surface area contributed by atoms with Gasteiger partial charge < -0.3 is 15.3 Å². The van der Waals surface area contributed by atoms with Gasteiger partial charge in [-0.25, -0.2) is 8.42 Å². The number of sulfone groups is 1. The van der Waals surface area contributed by atoms with E-state index in [1.807, 2.05) is 4.90 Å². The van der Waals surface area contributed by atoms with E-state index in [2.05, 4.69) is 16.6 Å². The molecule has 12 heteroatoms. The number of anilines is 1. The van der Waals surface area contributed by atoms with E-state index in [4.69, 9.17) is 0 Å². The fourth-order valence-corrected chi connectivity index (χ4v) is 10.0. The Morgan fingerprint density at radius 1 is 1.22 bits per heavy atom. The minimum atomic E-state index is -4.20. The van der Waals surface area contributed by atoms with Gasteiger partial charge in [0.2, 0.25) is 0 Å². The summed E-state index contributed by atoms with van der Waals surface area (Å²) in [5, 5.41) is 16.5. The highest BCUT2D eigenvalue weighted by Gasteiger charge is 2.55. The van der Waals surface area contributed by atoms with Crippen LogP contribution < -0.4 is 5.32 Å². The van der Waals surface area contributed by atoms with Gasteiger partial charge in [-0.1, -0.05) is 6.92 Å². The fourth-order valence-electron chi connectivity index (χ4n) is 6.76. The Morgan fingerprint density at radius 3 is 2.54 bits per heavy atom. The average Bonchev–Trinajstić information content (AvgIpc) is 3.40. The Morgan fingerprint density at radius 2 is 1.89 bits per heavy atom. The Labute approximate surface area is 222 Å². The number of rotatable bonds is 7. The highest BCUT2D eigenvalue weighted by atomic mass is 32.2. The molecule has 2 bridgehead atoms. The van der Waals surface area contributed by atoms with Crippen LogP contribution in [0.3, 0.4) is 0 Å². The maximum atomic E-state index is 14.0. The van der Waals surface area contributed by atoms with Crippen LogP contribution in [-0.2, 0) is 31.1 Å². The third-order valence-corrected chi connectivity index (χ3v) is 12.6. The summed E-state index contributed by atoms with van der Waals surface area (Å²) in [7, 11) is -7.48. The summed E-state index contributed by atoms with van der Waals surface area (Å²) in [4.78, 5) is 15.8. The van der Waals surface area contributed by atoms with Gasteiger partial charge in [-0.15, -0.1) is 15.7 Å². The summed E-state index contributed by atoms with van der Waals surface area (Å²) >= 11 is 1.14. The molecule has 4 saturated carbocycles. The van der Waals surface area contributed by atoms with Gasteiger partial charge in [0.05, 0.1) is 5.75 Å². The van der Waals surface area contributed by atoms with Crippen LogP contribution >= 0.6 is 11.3 Å². The first-order valence-electron chi connectivity index (χ1n) is 13.0. The number of hydrogen-bond donors (Lipinski definition) is 2. The van der Waals surface area contributed by atoms with Crippen molar-refractivity contribution in [2.24, 2.45) is 27.6 Å². The monoisotopic (exact) mass is 567 g/mol. The second-order valence-corrected chi connectivity index (χ2v) is 16.5. The van der Waals surface area contributed by atoms with Crippen LogP contribution in [0.4, 0.5) is 5.00 Å². The Balaban J connectivity index is 1.38. The molecule has 3 heterocycles. The lowest BCUT2D eigenvalue weighted by Crippen LogP contribution is -2.60. The molecule has 1 aromatic heterocycles. The van der Waals surface area contributed by atoms with Gasteiger partial charge in [0, 0.05) is 24.8 Å². The summed E-state index contributed by atoms with van der Waals surface area (Å²) < 4.78 is 53.9. The summed E-state index contributed by atoms with van der Waals surface area (Å²) in [5.41, 5.74) is 0.610. The summed E-state index contributed by atoms with van der Waals surface area (Å²) in [5.74, 6) is -0.278. The van der Waals surface area contributed by atoms with Gasteiger partial charge in [0.25, 0.3) is 15.9 Å². The van der Waals surface area contributed by atoms with E-state index in [1.165, 1.54) is 0 Å². The Bertz CT molecular complexity index is 1430. The molecule has 4 aliphatic carbocycles. The number of nitrogens with zero attached hydrogens (tertiary/aromatic N) is 2. The lowest BCUT2D eigenvalue weighted by Gasteiger charge is -2.55. The van der Waals surface area contributed by atoms with E-state index in [-0.39, 0.29) is 63.4 Å². The zero-order valence-electron chi connectivity index (χ0n) is 21.1. The van der Waals surface area contributed by atoms with Crippen molar-refractivity contribution in [3.8, 4) is 0 Å². The van der Waals surface area contributed by atoms with Crippen LogP contribution in [0.1, 0.15) is 57.4 Å². The first kappa shape index (κ1) is 25.4. The maximum absolute atomic E-state index is 14.0. The Hall–Kier alpha value is -1.92. The molecule has 202 valence electrons. The largest absolute Gasteiger partial charge is 0.511 e. The fraction of sp³-hybridized carbons (Fsp3) is 0.680. The summed E-state index contributed by atoms with van der Waals surface area (Å²) in [6.07, 6.45) is 8.47. The topological polar surface area (TPSA) is 133 Å². The molecular weight excluding hydrogens is 534 g/mol. The summed E-state index contributed by atoms with van der Waals surface area (Å²) in [6.45, 7) is 2.83. The number of aliphatic hydroxyl groups excluding tert-OH is 1. The molecule has 1 aromatic rings. The predicted molar refractivity (Wildman–Crippen MR) is 142 cm³/mol. The quantitative estimate of drug-likeness (QED) is 0.515. The third kappa shape index (κ3) is 4.42. The molecule has 9 nitrogen and oxygen atoms in total. The first-order chi connectivity index (χ1) is 17.4. The van der Waals surface area contributed by atoms with Gasteiger partial charge in [-0.05, 0) is 79.6 Å². The molecule has 0 radical (unpaired) electrons. The van der Waals surface area contributed by atoms with E-state index in [9.17, 15) is 26.7 Å². The van der Waals surface area contributed by atoms with Crippen molar-refractivity contribution < 1.29 is 26.7 Å². The van der Waals surface area contributed by atoms with Crippen molar-refractivity contribution >= 4 is 47.9 Å². The molecule has 0 aromatic carbocycles. The number of thiophene rings is 1. The molecule has 1 amide bonds. The van der Waals surface area contributed by atoms with Crippen molar-refractivity contribution in [1.82, 2.24) is 4.90 Å². The molecule has 6 aliphatic rings. The minimum absolute atomic E-state index is 0.0305. The van der Waals surface area contributed by atoms with E-state index in [0.717, 1.165) is 62.5 Å². The van der Waals surface area contributed by atoms with E-state index in [1.54, 1.807) is 5.38 Å². The SMILES string of the molecule is CC1(CCN2C(=O)C(C3=NS(=O)(=O)c4c(CCS(C)(=O)=O)csc4N3)=C(O)C3C4CCC(CC4)C32)CC1. The number of amides is 1. The number of carbonyl (C=O) groups is 1. The molecule has 2 N–H and O–H groups in total. The highest BCUT2D eigenvalue weighted by Crippen LogP contribution is 2.54. The molecule has 0 spiro atoms. The van der Waals surface area contributed by atoms with Crippen LogP contribution in [0.2, 0.25) is 0 Å². The molecule has 0 saturated heterocycles. The number of fused-ring (bicyclic) bond motifs is 3. The maximum Gasteiger partial charge on any atom is 0.287 e. The van der Waals surface area contributed by atoms with Crippen LogP contribution in [0.5, 0.6) is 0 Å². The van der Waals surface area contributed by atoms with Gasteiger partial charge >= 0.3 is 0 Å². The molecule has 2 aliphatic heterocycles. The second-order valence-electron chi connectivity index (χ2n) is 11.8. The van der Waals surface area contributed by atoms with E-state index >= 15 is 0 Å². The molecule has 2 unspecified atom stereocenters. The number of sulfonamides is 1. The van der Waals surface area contributed by atoms with Crippen molar-refractivity contribution in [3.63, 3.8) is 0 Å². The lowest BCUT2D eigenvalue weighted by atomic mass is 9.59. The number of amidine groups is 1. The normalized spacial score (nSPS) is 31.5. The zero-order valence-corrected chi connectivity index (χ0v) is 23.5. The minimum Gasteiger partial charge on any atom is -0.511 e. The van der Waals surface area contributed by atoms with Crippen LogP contribution in [0.25, 0.3) is 0 Å². The third-order valence-electron chi connectivity index (χ3n) is 9.14. The smallest absolute Gasteiger partial charge is 0.287 e. The molecule has 2 atom stereocenters. The van der Waals surface area contributed by atoms with Gasteiger partial charge in [-0.3, -0.25) is 4.79 Å². The zero-order chi connectivity index (χ0) is 26.3. The lowest BCUT2D eigenvalue weighted by molar-refractivity contribution is -0.139. The number of aliphatic hydroxyl groups is 1. The average molecular weight is 568 g/mol. The van der Waals surface area contributed by atoms with Gasteiger partial charge in [0.1, 0.15) is 31.1 Å². The standard InChI is InChI=1S/C25H33N3O6S3/c1-25(8-9-25)10-11-28-19-15-5-3-14(4-6-15)17(19)20(29)18(24(28)30)22-26-23-21(37(33,34)27-22)16(13-35-23)7-12-36(2,31)32/h13-15,17,19,29H,3-12H2,1-2H3,(H,26,27). The highest BCUT2D eigenvalue weighted by molar-refractivity contribution is 7.91. The van der Waals surface area contributed by atoms with Gasteiger partial charge in [0.15, 0.2) is 5.84 Å². The molecule has 37 heavy (non-hydrogen) atoms. The van der Waals surface area contributed by atoms with Crippen molar-refractivity contribution in [2.75, 3.05) is 23.9 Å². The first-order valence-corrected chi connectivity index (χ1v) is 17.4. The number of carbonyl (C=O) groups excluding carboxylic acids is 1. The van der Waals surface area contributed by atoms with Crippen LogP contribution in [-0.4, -0.2) is 63.2 Å². The molecular formula is C25H33N3O6S3.